The highest BCUT2D eigenvalue weighted by Crippen LogP contribution is 2.10. The number of nitrogens with two attached hydrogens (primary N) is 1. The zero-order valence-corrected chi connectivity index (χ0v) is 9.80. The Balaban J connectivity index is 1.80. The van der Waals surface area contributed by atoms with Crippen molar-refractivity contribution in [2.45, 2.75) is 19.9 Å². The lowest BCUT2D eigenvalue weighted by Gasteiger charge is -2.08. The average Bonchev–Trinajstić information content (AvgIpc) is 2.82. The van der Waals surface area contributed by atoms with Crippen LogP contribution < -0.4 is 11.1 Å². The van der Waals surface area contributed by atoms with Crippen LogP contribution in [0.15, 0.2) is 24.7 Å². The topological polar surface area (TPSA) is 81.6 Å². The molecule has 0 radical (unpaired) electrons. The standard InChI is InChI=1S/C11H16N6/c1-9-8-14-11(12)16-10(9)13-4-2-6-17-7-3-5-15-17/h3,5,7-8H,2,4,6H2,1H3,(H3,12,13,14,16). The van der Waals surface area contributed by atoms with E-state index in [0.717, 1.165) is 30.9 Å². The van der Waals surface area contributed by atoms with Gasteiger partial charge in [-0.05, 0) is 19.4 Å². The van der Waals surface area contributed by atoms with Gasteiger partial charge in [0, 0.05) is 37.2 Å². The number of nitrogen functional groups attached to an aromatic ring is 1. The maximum atomic E-state index is 5.53. The minimum absolute atomic E-state index is 0.296. The molecule has 0 amide bonds. The molecule has 17 heavy (non-hydrogen) atoms. The molecule has 0 aromatic carbocycles. The van der Waals surface area contributed by atoms with Crippen LogP contribution in [0.25, 0.3) is 0 Å². The third-order valence-electron chi connectivity index (χ3n) is 2.41. The summed E-state index contributed by atoms with van der Waals surface area (Å²) >= 11 is 0. The minimum atomic E-state index is 0.296. The summed E-state index contributed by atoms with van der Waals surface area (Å²) in [5, 5.41) is 7.38. The number of aromatic nitrogens is 4. The van der Waals surface area contributed by atoms with Crippen molar-refractivity contribution >= 4 is 11.8 Å². The normalized spacial score (nSPS) is 10.4. The first-order valence-electron chi connectivity index (χ1n) is 5.56. The fourth-order valence-corrected chi connectivity index (χ4v) is 1.52. The van der Waals surface area contributed by atoms with Crippen LogP contribution >= 0.6 is 0 Å². The summed E-state index contributed by atoms with van der Waals surface area (Å²) in [6, 6.07) is 1.92. The van der Waals surface area contributed by atoms with Crippen molar-refractivity contribution < 1.29 is 0 Å². The van der Waals surface area contributed by atoms with Crippen LogP contribution in [0, 0.1) is 6.92 Å². The second kappa shape index (κ2) is 5.29. The van der Waals surface area contributed by atoms with E-state index in [9.17, 15) is 0 Å². The predicted molar refractivity (Wildman–Crippen MR) is 66.5 cm³/mol. The number of nitrogens with one attached hydrogen (secondary N) is 1. The van der Waals surface area contributed by atoms with Gasteiger partial charge in [0.1, 0.15) is 5.82 Å². The summed E-state index contributed by atoms with van der Waals surface area (Å²) in [5.41, 5.74) is 6.53. The fourth-order valence-electron chi connectivity index (χ4n) is 1.52. The Hall–Kier alpha value is -2.11. The van der Waals surface area contributed by atoms with E-state index in [1.165, 1.54) is 0 Å². The highest BCUT2D eigenvalue weighted by molar-refractivity contribution is 5.44. The van der Waals surface area contributed by atoms with Gasteiger partial charge in [0.25, 0.3) is 0 Å². The molecule has 0 aliphatic heterocycles. The Kier molecular flexibility index (Phi) is 3.54. The molecule has 6 heteroatoms. The van der Waals surface area contributed by atoms with Crippen molar-refractivity contribution in [3.63, 3.8) is 0 Å². The smallest absolute Gasteiger partial charge is 0.221 e. The Morgan fingerprint density at radius 2 is 2.35 bits per heavy atom. The maximum Gasteiger partial charge on any atom is 0.221 e. The van der Waals surface area contributed by atoms with Gasteiger partial charge < -0.3 is 11.1 Å². The van der Waals surface area contributed by atoms with E-state index in [0.29, 0.717) is 5.95 Å². The lowest BCUT2D eigenvalue weighted by atomic mass is 10.3. The highest BCUT2D eigenvalue weighted by Gasteiger charge is 2.00. The van der Waals surface area contributed by atoms with Gasteiger partial charge >= 0.3 is 0 Å². The highest BCUT2D eigenvalue weighted by atomic mass is 15.3. The number of anilines is 2. The zero-order valence-electron chi connectivity index (χ0n) is 9.80. The molecule has 2 aromatic heterocycles. The van der Waals surface area contributed by atoms with E-state index in [1.54, 1.807) is 12.4 Å². The average molecular weight is 232 g/mol. The SMILES string of the molecule is Cc1cnc(N)nc1NCCCn1cccn1. The molecule has 90 valence electrons. The molecule has 0 saturated carbocycles. The minimum Gasteiger partial charge on any atom is -0.370 e. The molecule has 2 heterocycles. The van der Waals surface area contributed by atoms with Crippen molar-refractivity contribution in [3.05, 3.63) is 30.2 Å². The van der Waals surface area contributed by atoms with Crippen LogP contribution in [0.5, 0.6) is 0 Å². The van der Waals surface area contributed by atoms with Gasteiger partial charge in [0.2, 0.25) is 5.95 Å². The fraction of sp³-hybridized carbons (Fsp3) is 0.364. The molecule has 0 unspecified atom stereocenters. The summed E-state index contributed by atoms with van der Waals surface area (Å²) in [5.74, 6) is 1.10. The summed E-state index contributed by atoms with van der Waals surface area (Å²) in [6.07, 6.45) is 6.43. The van der Waals surface area contributed by atoms with Gasteiger partial charge in [-0.1, -0.05) is 0 Å². The second-order valence-electron chi connectivity index (χ2n) is 3.81. The summed E-state index contributed by atoms with van der Waals surface area (Å²) < 4.78 is 1.91. The number of rotatable bonds is 5. The van der Waals surface area contributed by atoms with E-state index in [4.69, 9.17) is 5.73 Å². The molecular weight excluding hydrogens is 216 g/mol. The van der Waals surface area contributed by atoms with E-state index in [-0.39, 0.29) is 0 Å². The summed E-state index contributed by atoms with van der Waals surface area (Å²) in [4.78, 5) is 8.06. The lowest BCUT2D eigenvalue weighted by molar-refractivity contribution is 0.591. The van der Waals surface area contributed by atoms with Crippen molar-refractivity contribution in [3.8, 4) is 0 Å². The van der Waals surface area contributed by atoms with E-state index in [1.807, 2.05) is 23.9 Å². The molecule has 0 aliphatic carbocycles. The number of hydrogen-bond acceptors (Lipinski definition) is 5. The Bertz CT molecular complexity index is 465. The molecule has 6 nitrogen and oxygen atoms in total. The summed E-state index contributed by atoms with van der Waals surface area (Å²) in [7, 11) is 0. The van der Waals surface area contributed by atoms with Gasteiger partial charge in [0.05, 0.1) is 0 Å². The molecule has 0 bridgehead atoms. The van der Waals surface area contributed by atoms with E-state index >= 15 is 0 Å². The van der Waals surface area contributed by atoms with Crippen molar-refractivity contribution in [1.29, 1.82) is 0 Å². The Morgan fingerprint density at radius 1 is 1.47 bits per heavy atom. The first kappa shape index (κ1) is 11.4. The van der Waals surface area contributed by atoms with Crippen LogP contribution in [-0.4, -0.2) is 26.3 Å². The number of hydrogen-bond donors (Lipinski definition) is 2. The molecule has 2 aromatic rings. The van der Waals surface area contributed by atoms with E-state index < -0.39 is 0 Å². The van der Waals surface area contributed by atoms with Crippen LogP contribution in [0.2, 0.25) is 0 Å². The Morgan fingerprint density at radius 3 is 3.12 bits per heavy atom. The van der Waals surface area contributed by atoms with Gasteiger partial charge in [-0.2, -0.15) is 10.1 Å². The molecule has 0 fully saturated rings. The molecule has 2 rings (SSSR count). The third kappa shape index (κ3) is 3.17. The molecule has 0 aliphatic rings. The monoisotopic (exact) mass is 232 g/mol. The number of nitrogens with zero attached hydrogens (tertiary/aromatic N) is 4. The first-order chi connectivity index (χ1) is 8.25. The lowest BCUT2D eigenvalue weighted by Crippen LogP contribution is -2.10. The first-order valence-corrected chi connectivity index (χ1v) is 5.56. The molecule has 0 spiro atoms. The Labute approximate surface area is 99.9 Å². The molecular formula is C11H16N6. The number of aryl methyl sites for hydroxylation is 2. The largest absolute Gasteiger partial charge is 0.370 e. The van der Waals surface area contributed by atoms with Crippen molar-refractivity contribution in [2.75, 3.05) is 17.6 Å². The van der Waals surface area contributed by atoms with Gasteiger partial charge in [-0.3, -0.25) is 4.68 Å². The van der Waals surface area contributed by atoms with Gasteiger partial charge in [-0.25, -0.2) is 4.98 Å². The quantitative estimate of drug-likeness (QED) is 0.753. The van der Waals surface area contributed by atoms with Crippen LogP contribution in [0.3, 0.4) is 0 Å². The van der Waals surface area contributed by atoms with Crippen molar-refractivity contribution in [2.24, 2.45) is 0 Å². The van der Waals surface area contributed by atoms with E-state index in [2.05, 4.69) is 20.4 Å². The van der Waals surface area contributed by atoms with Crippen LogP contribution in [0.1, 0.15) is 12.0 Å². The van der Waals surface area contributed by atoms with Crippen molar-refractivity contribution in [1.82, 2.24) is 19.7 Å². The third-order valence-corrected chi connectivity index (χ3v) is 2.41. The van der Waals surface area contributed by atoms with Gasteiger partial charge in [-0.15, -0.1) is 0 Å². The van der Waals surface area contributed by atoms with Gasteiger partial charge in [0.15, 0.2) is 0 Å². The summed E-state index contributed by atoms with van der Waals surface area (Å²) in [6.45, 7) is 3.67. The zero-order chi connectivity index (χ0) is 12.1. The van der Waals surface area contributed by atoms with Crippen LogP contribution in [0.4, 0.5) is 11.8 Å². The second-order valence-corrected chi connectivity index (χ2v) is 3.81. The predicted octanol–water partition coefficient (Wildman–Crippen LogP) is 1.07. The maximum absolute atomic E-state index is 5.53. The van der Waals surface area contributed by atoms with Crippen LogP contribution in [-0.2, 0) is 6.54 Å². The molecule has 3 N–H and O–H groups in total. The molecule has 0 saturated heterocycles. The molecule has 0 atom stereocenters.